The third kappa shape index (κ3) is 2.17. The average Bonchev–Trinajstić information content (AvgIpc) is 2.87. The summed E-state index contributed by atoms with van der Waals surface area (Å²) in [5.74, 6) is 0.197. The summed E-state index contributed by atoms with van der Waals surface area (Å²) < 4.78 is 20.8. The summed E-state index contributed by atoms with van der Waals surface area (Å²) in [5, 5.41) is 3.88. The van der Waals surface area contributed by atoms with Crippen LogP contribution in [0, 0.1) is 17.5 Å². The van der Waals surface area contributed by atoms with Crippen LogP contribution in [0.25, 0.3) is 11.0 Å². The predicted octanol–water partition coefficient (Wildman–Crippen LogP) is 3.84. The molecule has 2 aromatic heterocycles. The lowest BCUT2D eigenvalue weighted by atomic mass is 10.3. The molecular formula is C12H9ClFN3OS. The Morgan fingerprint density at radius 2 is 2.26 bits per heavy atom. The molecule has 0 aliphatic heterocycles. The number of imidazole rings is 1. The maximum absolute atomic E-state index is 13.4. The molecule has 7 heteroatoms. The van der Waals surface area contributed by atoms with Gasteiger partial charge < -0.3 is 14.1 Å². The largest absolute Gasteiger partial charge is 0.359 e. The fourth-order valence-corrected chi connectivity index (χ4v) is 2.39. The molecule has 3 aromatic rings. The number of aromatic nitrogens is 3. The van der Waals surface area contributed by atoms with Gasteiger partial charge in [0.05, 0.1) is 28.3 Å². The van der Waals surface area contributed by atoms with E-state index in [1.54, 1.807) is 10.6 Å². The van der Waals surface area contributed by atoms with E-state index in [4.69, 9.17) is 28.3 Å². The monoisotopic (exact) mass is 297 g/mol. The zero-order valence-corrected chi connectivity index (χ0v) is 11.5. The van der Waals surface area contributed by atoms with Gasteiger partial charge in [0.25, 0.3) is 0 Å². The highest BCUT2D eigenvalue weighted by molar-refractivity contribution is 7.71. The minimum Gasteiger partial charge on any atom is -0.359 e. The van der Waals surface area contributed by atoms with E-state index in [2.05, 4.69) is 10.1 Å². The second-order valence-electron chi connectivity index (χ2n) is 4.23. The predicted molar refractivity (Wildman–Crippen MR) is 72.4 cm³/mol. The highest BCUT2D eigenvalue weighted by Gasteiger charge is 2.11. The number of benzene rings is 1. The molecule has 0 atom stereocenters. The molecule has 3 rings (SSSR count). The van der Waals surface area contributed by atoms with Crippen molar-refractivity contribution in [1.82, 2.24) is 14.7 Å². The number of fused-ring (bicyclic) bond motifs is 1. The molecule has 98 valence electrons. The lowest BCUT2D eigenvalue weighted by molar-refractivity contribution is 0.373. The minimum absolute atomic E-state index is 0.0593. The maximum atomic E-state index is 13.4. The normalized spacial score (nSPS) is 11.3. The summed E-state index contributed by atoms with van der Waals surface area (Å²) in [4.78, 5) is 2.94. The van der Waals surface area contributed by atoms with Crippen LogP contribution in [0.2, 0.25) is 5.02 Å². The highest BCUT2D eigenvalue weighted by Crippen LogP contribution is 2.23. The van der Waals surface area contributed by atoms with Crippen molar-refractivity contribution in [2.24, 2.45) is 0 Å². The van der Waals surface area contributed by atoms with Crippen molar-refractivity contribution >= 4 is 34.9 Å². The van der Waals surface area contributed by atoms with E-state index in [0.29, 0.717) is 22.6 Å². The Balaban J connectivity index is 2.15. The van der Waals surface area contributed by atoms with E-state index in [1.807, 2.05) is 13.0 Å². The van der Waals surface area contributed by atoms with E-state index in [0.717, 1.165) is 11.2 Å². The molecule has 0 amide bonds. The van der Waals surface area contributed by atoms with Crippen molar-refractivity contribution in [3.63, 3.8) is 0 Å². The summed E-state index contributed by atoms with van der Waals surface area (Å²) in [6, 6.07) is 4.70. The Hall–Kier alpha value is -1.66. The number of rotatable bonds is 2. The van der Waals surface area contributed by atoms with E-state index < -0.39 is 5.82 Å². The minimum atomic E-state index is -0.479. The van der Waals surface area contributed by atoms with Crippen LogP contribution in [0.15, 0.2) is 22.7 Å². The molecule has 0 aliphatic carbocycles. The maximum Gasteiger partial charge on any atom is 0.178 e. The molecule has 0 saturated carbocycles. The number of aryl methyl sites for hydroxylation is 1. The Morgan fingerprint density at radius 1 is 1.47 bits per heavy atom. The quantitative estimate of drug-likeness (QED) is 0.731. The van der Waals surface area contributed by atoms with Gasteiger partial charge in [-0.05, 0) is 25.2 Å². The van der Waals surface area contributed by atoms with E-state index in [-0.39, 0.29) is 5.02 Å². The van der Waals surface area contributed by atoms with Crippen LogP contribution >= 0.6 is 23.8 Å². The smallest absolute Gasteiger partial charge is 0.178 e. The lowest BCUT2D eigenvalue weighted by Crippen LogP contribution is -1.98. The van der Waals surface area contributed by atoms with Crippen LogP contribution in [0.3, 0.4) is 0 Å². The molecule has 19 heavy (non-hydrogen) atoms. The van der Waals surface area contributed by atoms with Gasteiger partial charge >= 0.3 is 0 Å². The highest BCUT2D eigenvalue weighted by atomic mass is 35.5. The van der Waals surface area contributed by atoms with Crippen LogP contribution in [-0.2, 0) is 6.54 Å². The standard InChI is InChI=1S/C12H9ClFN3OS/c1-6-2-7(18-16-6)5-17-11-3-8(13)9(14)4-10(11)15-12(17)19/h2-4H,5H2,1H3,(H,15,19). The molecular weight excluding hydrogens is 289 g/mol. The van der Waals surface area contributed by atoms with Gasteiger partial charge in [0, 0.05) is 12.1 Å². The summed E-state index contributed by atoms with van der Waals surface area (Å²) in [6.45, 7) is 2.26. The number of aromatic amines is 1. The van der Waals surface area contributed by atoms with E-state index >= 15 is 0 Å². The van der Waals surface area contributed by atoms with Gasteiger partial charge in [-0.25, -0.2) is 4.39 Å². The Morgan fingerprint density at radius 3 is 2.95 bits per heavy atom. The Bertz CT molecular complexity index is 820. The van der Waals surface area contributed by atoms with Gasteiger partial charge in [-0.15, -0.1) is 0 Å². The zero-order chi connectivity index (χ0) is 13.6. The van der Waals surface area contributed by atoms with Crippen molar-refractivity contribution in [3.05, 3.63) is 45.3 Å². The first kappa shape index (κ1) is 12.4. The molecule has 0 aliphatic rings. The van der Waals surface area contributed by atoms with Crippen molar-refractivity contribution < 1.29 is 8.91 Å². The first-order valence-electron chi connectivity index (χ1n) is 5.54. The van der Waals surface area contributed by atoms with Gasteiger partial charge in [-0.3, -0.25) is 0 Å². The van der Waals surface area contributed by atoms with Gasteiger partial charge in [0.15, 0.2) is 10.5 Å². The summed E-state index contributed by atoms with van der Waals surface area (Å²) >= 11 is 11.0. The molecule has 0 saturated heterocycles. The van der Waals surface area contributed by atoms with Crippen molar-refractivity contribution in [2.45, 2.75) is 13.5 Å². The molecule has 0 spiro atoms. The second-order valence-corrected chi connectivity index (χ2v) is 5.03. The summed E-state index contributed by atoms with van der Waals surface area (Å²) in [6.07, 6.45) is 0. The molecule has 0 unspecified atom stereocenters. The Kier molecular flexibility index (Phi) is 2.91. The average molecular weight is 298 g/mol. The van der Waals surface area contributed by atoms with Crippen LogP contribution in [0.1, 0.15) is 11.5 Å². The van der Waals surface area contributed by atoms with Gasteiger partial charge in [0.1, 0.15) is 5.82 Å². The molecule has 2 heterocycles. The summed E-state index contributed by atoms with van der Waals surface area (Å²) in [5.41, 5.74) is 2.12. The van der Waals surface area contributed by atoms with Crippen molar-refractivity contribution in [3.8, 4) is 0 Å². The number of hydrogen-bond acceptors (Lipinski definition) is 3. The number of H-pyrrole nitrogens is 1. The van der Waals surface area contributed by atoms with Gasteiger partial charge in [-0.2, -0.15) is 0 Å². The van der Waals surface area contributed by atoms with E-state index in [1.165, 1.54) is 6.07 Å². The SMILES string of the molecule is Cc1cc(Cn2c(=S)[nH]c3cc(F)c(Cl)cc32)on1. The fourth-order valence-electron chi connectivity index (χ4n) is 1.96. The van der Waals surface area contributed by atoms with Crippen molar-refractivity contribution in [2.75, 3.05) is 0 Å². The second kappa shape index (κ2) is 4.47. The third-order valence-corrected chi connectivity index (χ3v) is 3.42. The number of hydrogen-bond donors (Lipinski definition) is 1. The van der Waals surface area contributed by atoms with Crippen LogP contribution in [0.5, 0.6) is 0 Å². The molecule has 1 aromatic carbocycles. The number of nitrogens with one attached hydrogen (secondary N) is 1. The van der Waals surface area contributed by atoms with Gasteiger partial charge in [0.2, 0.25) is 0 Å². The van der Waals surface area contributed by atoms with Crippen LogP contribution in [-0.4, -0.2) is 14.7 Å². The topological polar surface area (TPSA) is 46.8 Å². The number of halogens is 2. The molecule has 0 bridgehead atoms. The van der Waals surface area contributed by atoms with Crippen LogP contribution < -0.4 is 0 Å². The molecule has 1 N–H and O–H groups in total. The third-order valence-electron chi connectivity index (χ3n) is 2.81. The molecule has 4 nitrogen and oxygen atoms in total. The van der Waals surface area contributed by atoms with Crippen LogP contribution in [0.4, 0.5) is 4.39 Å². The first-order valence-corrected chi connectivity index (χ1v) is 6.33. The van der Waals surface area contributed by atoms with Crippen molar-refractivity contribution in [1.29, 1.82) is 0 Å². The number of nitrogens with zero attached hydrogens (tertiary/aromatic N) is 2. The Labute approximate surface area is 117 Å². The fraction of sp³-hybridized carbons (Fsp3) is 0.167. The first-order chi connectivity index (χ1) is 9.04. The lowest BCUT2D eigenvalue weighted by Gasteiger charge is -2.01. The zero-order valence-electron chi connectivity index (χ0n) is 9.91. The van der Waals surface area contributed by atoms with Gasteiger partial charge in [-0.1, -0.05) is 16.8 Å². The molecule has 0 fully saturated rings. The summed E-state index contributed by atoms with van der Waals surface area (Å²) in [7, 11) is 0. The molecule has 0 radical (unpaired) electrons. The van der Waals surface area contributed by atoms with E-state index in [9.17, 15) is 4.39 Å².